The van der Waals surface area contributed by atoms with Crippen LogP contribution in [0, 0.1) is 24.1 Å². The number of carbonyl (C=O) groups is 2. The summed E-state index contributed by atoms with van der Waals surface area (Å²) < 4.78 is 23.5. The summed E-state index contributed by atoms with van der Waals surface area (Å²) in [5.74, 6) is -2.40. The molecule has 0 saturated heterocycles. The molecule has 0 aliphatic heterocycles. The van der Waals surface area contributed by atoms with E-state index in [9.17, 15) is 14.0 Å². The van der Waals surface area contributed by atoms with Crippen molar-refractivity contribution < 1.29 is 23.2 Å². The first-order valence-electron chi connectivity index (χ1n) is 7.26. The van der Waals surface area contributed by atoms with Crippen LogP contribution >= 0.6 is 0 Å². The highest BCUT2D eigenvalue weighted by atomic mass is 19.1. The summed E-state index contributed by atoms with van der Waals surface area (Å²) in [6.07, 6.45) is -0.00821. The van der Waals surface area contributed by atoms with Crippen LogP contribution in [-0.4, -0.2) is 30.2 Å². The number of esters is 1. The number of hydrogen-bond donors (Lipinski definition) is 1. The van der Waals surface area contributed by atoms with E-state index in [4.69, 9.17) is 15.7 Å². The van der Waals surface area contributed by atoms with Crippen LogP contribution in [-0.2, 0) is 9.53 Å². The maximum Gasteiger partial charge on any atom is 0.346 e. The van der Waals surface area contributed by atoms with Crippen LogP contribution in [0.4, 0.5) is 16.0 Å². The van der Waals surface area contributed by atoms with Crippen molar-refractivity contribution in [1.29, 1.82) is 5.26 Å². The monoisotopic (exact) mass is 346 g/mol. The fourth-order valence-corrected chi connectivity index (χ4v) is 2.12. The van der Waals surface area contributed by atoms with Crippen LogP contribution < -0.4 is 10.6 Å². The number of benzene rings is 1. The number of para-hydroxylation sites is 1. The van der Waals surface area contributed by atoms with Crippen molar-refractivity contribution in [2.75, 3.05) is 23.8 Å². The predicted octanol–water partition coefficient (Wildman–Crippen LogP) is 1.81. The first kappa shape index (κ1) is 17.9. The zero-order valence-electron chi connectivity index (χ0n) is 13.4. The van der Waals surface area contributed by atoms with Gasteiger partial charge in [-0.2, -0.15) is 5.26 Å². The Labute approximate surface area is 142 Å². The summed E-state index contributed by atoms with van der Waals surface area (Å²) in [7, 11) is 0. The quantitative estimate of drug-likeness (QED) is 0.791. The highest BCUT2D eigenvalue weighted by Crippen LogP contribution is 2.20. The third-order valence-electron chi connectivity index (χ3n) is 3.31. The van der Waals surface area contributed by atoms with Gasteiger partial charge >= 0.3 is 5.97 Å². The first-order chi connectivity index (χ1) is 12.0. The van der Waals surface area contributed by atoms with Crippen LogP contribution in [0.25, 0.3) is 0 Å². The number of hydrogen-bond acceptors (Lipinski definition) is 7. The van der Waals surface area contributed by atoms with Crippen molar-refractivity contribution in [3.8, 4) is 6.07 Å². The molecule has 0 unspecified atom stereocenters. The molecule has 9 heteroatoms. The number of aryl methyl sites for hydroxylation is 1. The molecule has 0 radical (unpaired) electrons. The number of aromatic nitrogens is 1. The normalized spacial score (nSPS) is 10.1. The van der Waals surface area contributed by atoms with Crippen LogP contribution in [0.1, 0.15) is 22.5 Å². The largest absolute Gasteiger partial charge is 0.452 e. The molecular formula is C16H15FN4O4. The molecule has 1 amide bonds. The number of nitrogens with two attached hydrogens (primary N) is 1. The zero-order chi connectivity index (χ0) is 18.4. The topological polar surface area (TPSA) is 122 Å². The molecular weight excluding hydrogens is 331 g/mol. The van der Waals surface area contributed by atoms with Gasteiger partial charge in [0, 0.05) is 6.54 Å². The first-order valence-corrected chi connectivity index (χ1v) is 7.26. The number of nitriles is 1. The molecule has 2 aromatic rings. The van der Waals surface area contributed by atoms with E-state index in [0.29, 0.717) is 0 Å². The van der Waals surface area contributed by atoms with Gasteiger partial charge in [0.1, 0.15) is 11.4 Å². The standard InChI is InChI=1S/C16H15FN4O4/c1-10-14(15(19)25-20-10)16(23)24-9-13(22)21(8-4-7-18)12-6-3-2-5-11(12)17/h2-3,5-6H,4,8-9,19H2,1H3. The van der Waals surface area contributed by atoms with Crippen molar-refractivity contribution in [3.63, 3.8) is 0 Å². The molecule has 1 aromatic heterocycles. The number of halogens is 1. The van der Waals surface area contributed by atoms with Gasteiger partial charge in [-0.15, -0.1) is 0 Å². The summed E-state index contributed by atoms with van der Waals surface area (Å²) in [6.45, 7) is 0.807. The van der Waals surface area contributed by atoms with E-state index in [0.717, 1.165) is 4.90 Å². The van der Waals surface area contributed by atoms with E-state index < -0.39 is 24.3 Å². The van der Waals surface area contributed by atoms with Gasteiger partial charge in [-0.1, -0.05) is 17.3 Å². The Hall–Kier alpha value is -3.41. The lowest BCUT2D eigenvalue weighted by Crippen LogP contribution is -2.36. The molecule has 0 spiro atoms. The minimum Gasteiger partial charge on any atom is -0.452 e. The minimum absolute atomic E-state index is 0.000490. The Morgan fingerprint density at radius 2 is 2.16 bits per heavy atom. The van der Waals surface area contributed by atoms with E-state index in [1.807, 2.05) is 6.07 Å². The van der Waals surface area contributed by atoms with Gasteiger partial charge in [0.25, 0.3) is 5.91 Å². The second-order valence-corrected chi connectivity index (χ2v) is 4.99. The van der Waals surface area contributed by atoms with Gasteiger partial charge in [0.15, 0.2) is 6.61 Å². The number of nitrogen functional groups attached to an aromatic ring is 1. The van der Waals surface area contributed by atoms with Crippen LogP contribution in [0.5, 0.6) is 0 Å². The number of rotatable bonds is 6. The van der Waals surface area contributed by atoms with Crippen LogP contribution in [0.3, 0.4) is 0 Å². The molecule has 2 N–H and O–H groups in total. The fourth-order valence-electron chi connectivity index (χ4n) is 2.12. The molecule has 2 rings (SSSR count). The molecule has 130 valence electrons. The summed E-state index contributed by atoms with van der Waals surface area (Å²) >= 11 is 0. The Morgan fingerprint density at radius 1 is 1.44 bits per heavy atom. The molecule has 1 heterocycles. The van der Waals surface area contributed by atoms with E-state index in [-0.39, 0.29) is 35.8 Å². The van der Waals surface area contributed by atoms with E-state index in [1.165, 1.54) is 25.1 Å². The van der Waals surface area contributed by atoms with Gasteiger partial charge in [-0.3, -0.25) is 4.79 Å². The number of amides is 1. The second kappa shape index (κ2) is 7.92. The maximum atomic E-state index is 13.9. The van der Waals surface area contributed by atoms with Crippen molar-refractivity contribution >= 4 is 23.4 Å². The second-order valence-electron chi connectivity index (χ2n) is 4.99. The maximum absolute atomic E-state index is 13.9. The summed E-state index contributed by atoms with van der Waals surface area (Å²) in [4.78, 5) is 25.4. The Balaban J connectivity index is 2.11. The highest BCUT2D eigenvalue weighted by Gasteiger charge is 2.24. The van der Waals surface area contributed by atoms with Gasteiger partial charge < -0.3 is 19.9 Å². The highest BCUT2D eigenvalue weighted by molar-refractivity contribution is 5.99. The third kappa shape index (κ3) is 4.11. The Bertz CT molecular complexity index is 808. The third-order valence-corrected chi connectivity index (χ3v) is 3.31. The number of anilines is 2. The fraction of sp³-hybridized carbons (Fsp3) is 0.250. The lowest BCUT2D eigenvalue weighted by Gasteiger charge is -2.22. The average Bonchev–Trinajstić information content (AvgIpc) is 2.93. The molecule has 0 saturated carbocycles. The molecule has 0 atom stereocenters. The van der Waals surface area contributed by atoms with Crippen molar-refractivity contribution in [1.82, 2.24) is 5.16 Å². The molecule has 0 aliphatic carbocycles. The van der Waals surface area contributed by atoms with E-state index in [1.54, 1.807) is 6.07 Å². The Kier molecular flexibility index (Phi) is 5.68. The van der Waals surface area contributed by atoms with Gasteiger partial charge in [-0.05, 0) is 19.1 Å². The van der Waals surface area contributed by atoms with Crippen LogP contribution in [0.2, 0.25) is 0 Å². The Morgan fingerprint density at radius 3 is 2.76 bits per heavy atom. The molecule has 0 bridgehead atoms. The number of carbonyl (C=O) groups excluding carboxylic acids is 2. The minimum atomic E-state index is -0.877. The van der Waals surface area contributed by atoms with Crippen molar-refractivity contribution in [2.24, 2.45) is 0 Å². The molecule has 1 aromatic carbocycles. The molecule has 8 nitrogen and oxygen atoms in total. The smallest absolute Gasteiger partial charge is 0.346 e. The van der Waals surface area contributed by atoms with Crippen molar-refractivity contribution in [2.45, 2.75) is 13.3 Å². The SMILES string of the molecule is Cc1noc(N)c1C(=O)OCC(=O)N(CCC#N)c1ccccc1F. The van der Waals surface area contributed by atoms with Gasteiger partial charge in [0.2, 0.25) is 5.88 Å². The molecule has 0 aliphatic rings. The zero-order valence-corrected chi connectivity index (χ0v) is 13.4. The van der Waals surface area contributed by atoms with E-state index >= 15 is 0 Å². The van der Waals surface area contributed by atoms with Gasteiger partial charge in [0.05, 0.1) is 23.9 Å². The average molecular weight is 346 g/mol. The lowest BCUT2D eigenvalue weighted by molar-refractivity contribution is -0.121. The molecule has 25 heavy (non-hydrogen) atoms. The van der Waals surface area contributed by atoms with E-state index in [2.05, 4.69) is 9.68 Å². The molecule has 0 fully saturated rings. The van der Waals surface area contributed by atoms with Gasteiger partial charge in [-0.25, -0.2) is 9.18 Å². The lowest BCUT2D eigenvalue weighted by atomic mass is 10.2. The summed E-state index contributed by atoms with van der Waals surface area (Å²) in [5.41, 5.74) is 5.63. The number of ether oxygens (including phenoxy) is 1. The summed E-state index contributed by atoms with van der Waals surface area (Å²) in [5, 5.41) is 12.2. The number of nitrogens with zero attached hydrogens (tertiary/aromatic N) is 3. The predicted molar refractivity (Wildman–Crippen MR) is 84.9 cm³/mol. The summed E-state index contributed by atoms with van der Waals surface area (Å²) in [6, 6.07) is 7.50. The van der Waals surface area contributed by atoms with Crippen molar-refractivity contribution in [3.05, 3.63) is 41.3 Å². The van der Waals surface area contributed by atoms with Crippen LogP contribution in [0.15, 0.2) is 28.8 Å².